The number of carbonyl (C=O) groups excluding carboxylic acids is 1. The zero-order valence-electron chi connectivity index (χ0n) is 17.8. The standard InChI is InChI=1S/C24H29NO6/c1-17-11-13-19(14-12-17)25-24(29)31-23(18(2)7-3-6-10-22(27)28)20-8-4-5-9-21(20)30-16-15-26/h4-6,8-14,18,23,26H,3,7,15-16H2,1-2H3,(H,25,29)(H,27,28)/b10-6+/t18-,23+/m0/s1. The molecule has 0 unspecified atom stereocenters. The second-order valence-electron chi connectivity index (χ2n) is 7.22. The summed E-state index contributed by atoms with van der Waals surface area (Å²) in [4.78, 5) is 23.3. The zero-order chi connectivity index (χ0) is 22.6. The van der Waals surface area contributed by atoms with Gasteiger partial charge in [0.15, 0.2) is 0 Å². The Morgan fingerprint density at radius 2 is 1.84 bits per heavy atom. The average molecular weight is 427 g/mol. The predicted molar refractivity (Wildman–Crippen MR) is 118 cm³/mol. The first-order chi connectivity index (χ1) is 14.9. The molecule has 1 amide bonds. The highest BCUT2D eigenvalue weighted by Crippen LogP contribution is 2.35. The van der Waals surface area contributed by atoms with Crippen molar-refractivity contribution < 1.29 is 29.3 Å². The number of hydrogen-bond donors (Lipinski definition) is 3. The molecule has 166 valence electrons. The Hall–Kier alpha value is -3.32. The molecule has 2 rings (SSSR count). The molecule has 31 heavy (non-hydrogen) atoms. The van der Waals surface area contributed by atoms with Crippen LogP contribution in [0.2, 0.25) is 0 Å². The molecule has 0 saturated heterocycles. The molecule has 7 heteroatoms. The molecule has 0 heterocycles. The highest BCUT2D eigenvalue weighted by molar-refractivity contribution is 5.84. The SMILES string of the molecule is Cc1ccc(NC(=O)O[C@@H](c2ccccc2OCCO)[C@@H](C)CC/C=C/C(=O)O)cc1. The fourth-order valence-corrected chi connectivity index (χ4v) is 3.08. The number of aliphatic hydroxyl groups is 1. The molecular formula is C24H29NO6. The van der Waals surface area contributed by atoms with Gasteiger partial charge in [0.05, 0.1) is 6.61 Å². The van der Waals surface area contributed by atoms with Crippen molar-refractivity contribution >= 4 is 17.7 Å². The summed E-state index contributed by atoms with van der Waals surface area (Å²) in [5.74, 6) is -0.598. The van der Waals surface area contributed by atoms with E-state index in [9.17, 15) is 9.59 Å². The lowest BCUT2D eigenvalue weighted by Gasteiger charge is -2.26. The number of benzene rings is 2. The van der Waals surface area contributed by atoms with E-state index in [0.29, 0.717) is 29.8 Å². The molecule has 2 aromatic rings. The van der Waals surface area contributed by atoms with E-state index >= 15 is 0 Å². The second-order valence-corrected chi connectivity index (χ2v) is 7.22. The van der Waals surface area contributed by atoms with E-state index in [0.717, 1.165) is 11.6 Å². The number of carboxylic acid groups (broad SMARTS) is 1. The van der Waals surface area contributed by atoms with Crippen LogP contribution >= 0.6 is 0 Å². The number of aliphatic hydroxyl groups excluding tert-OH is 1. The van der Waals surface area contributed by atoms with Crippen LogP contribution in [0.25, 0.3) is 0 Å². The van der Waals surface area contributed by atoms with Gasteiger partial charge in [-0.25, -0.2) is 9.59 Å². The minimum Gasteiger partial charge on any atom is -0.491 e. The maximum absolute atomic E-state index is 12.6. The van der Waals surface area contributed by atoms with Crippen LogP contribution in [-0.2, 0) is 9.53 Å². The molecule has 0 spiro atoms. The van der Waals surface area contributed by atoms with Crippen LogP contribution in [0.1, 0.15) is 37.0 Å². The molecule has 0 saturated carbocycles. The quantitative estimate of drug-likeness (QED) is 0.449. The summed E-state index contributed by atoms with van der Waals surface area (Å²) in [6.45, 7) is 3.88. The lowest BCUT2D eigenvalue weighted by molar-refractivity contribution is -0.131. The van der Waals surface area contributed by atoms with E-state index < -0.39 is 18.2 Å². The number of allylic oxidation sites excluding steroid dienone is 1. The third-order valence-electron chi connectivity index (χ3n) is 4.67. The first-order valence-corrected chi connectivity index (χ1v) is 10.2. The maximum atomic E-state index is 12.6. The van der Waals surface area contributed by atoms with Crippen molar-refractivity contribution in [2.75, 3.05) is 18.5 Å². The Morgan fingerprint density at radius 3 is 2.52 bits per heavy atom. The van der Waals surface area contributed by atoms with Crippen LogP contribution in [0.4, 0.5) is 10.5 Å². The van der Waals surface area contributed by atoms with Gasteiger partial charge < -0.3 is 19.7 Å². The van der Waals surface area contributed by atoms with Crippen LogP contribution in [0, 0.1) is 12.8 Å². The van der Waals surface area contributed by atoms with E-state index in [1.54, 1.807) is 30.3 Å². The molecule has 0 fully saturated rings. The molecule has 0 aliphatic carbocycles. The number of aliphatic carboxylic acids is 1. The summed E-state index contributed by atoms with van der Waals surface area (Å²) in [5, 5.41) is 20.6. The van der Waals surface area contributed by atoms with Crippen LogP contribution in [0.15, 0.2) is 60.7 Å². The number of aryl methyl sites for hydroxylation is 1. The van der Waals surface area contributed by atoms with Gasteiger partial charge in [-0.2, -0.15) is 0 Å². The highest BCUT2D eigenvalue weighted by Gasteiger charge is 2.26. The van der Waals surface area contributed by atoms with Gasteiger partial charge in [-0.1, -0.05) is 48.9 Å². The lowest BCUT2D eigenvalue weighted by Crippen LogP contribution is -2.22. The number of nitrogens with one attached hydrogen (secondary N) is 1. The minimum absolute atomic E-state index is 0.120. The lowest BCUT2D eigenvalue weighted by atomic mass is 9.92. The maximum Gasteiger partial charge on any atom is 0.412 e. The highest BCUT2D eigenvalue weighted by atomic mass is 16.6. The molecule has 2 atom stereocenters. The fourth-order valence-electron chi connectivity index (χ4n) is 3.08. The smallest absolute Gasteiger partial charge is 0.412 e. The average Bonchev–Trinajstić information content (AvgIpc) is 2.75. The van der Waals surface area contributed by atoms with Crippen LogP contribution < -0.4 is 10.1 Å². The summed E-state index contributed by atoms with van der Waals surface area (Å²) in [6, 6.07) is 14.6. The Morgan fingerprint density at radius 1 is 1.13 bits per heavy atom. The molecule has 2 aromatic carbocycles. The molecule has 0 aliphatic heterocycles. The van der Waals surface area contributed by atoms with E-state index in [2.05, 4.69) is 5.32 Å². The van der Waals surface area contributed by atoms with Crippen molar-refractivity contribution in [3.63, 3.8) is 0 Å². The molecule has 0 aliphatic rings. The monoisotopic (exact) mass is 427 g/mol. The molecule has 0 aromatic heterocycles. The van der Waals surface area contributed by atoms with Gasteiger partial charge in [0.25, 0.3) is 0 Å². The molecule has 3 N–H and O–H groups in total. The van der Waals surface area contributed by atoms with Crippen molar-refractivity contribution in [1.82, 2.24) is 0 Å². The largest absolute Gasteiger partial charge is 0.491 e. The molecular weight excluding hydrogens is 398 g/mol. The van der Waals surface area contributed by atoms with Gasteiger partial charge in [-0.05, 0) is 43.9 Å². The van der Waals surface area contributed by atoms with Crippen molar-refractivity contribution in [2.45, 2.75) is 32.8 Å². The van der Waals surface area contributed by atoms with Crippen LogP contribution in [0.5, 0.6) is 5.75 Å². The predicted octanol–water partition coefficient (Wildman–Crippen LogP) is 4.71. The number of para-hydroxylation sites is 1. The number of hydrogen-bond acceptors (Lipinski definition) is 5. The number of rotatable bonds is 11. The Balaban J connectivity index is 2.19. The summed E-state index contributed by atoms with van der Waals surface area (Å²) >= 11 is 0. The fraction of sp³-hybridized carbons (Fsp3) is 0.333. The minimum atomic E-state index is -0.999. The van der Waals surface area contributed by atoms with Gasteiger partial charge in [-0.15, -0.1) is 0 Å². The van der Waals surface area contributed by atoms with Crippen molar-refractivity contribution in [3.05, 3.63) is 71.8 Å². The van der Waals surface area contributed by atoms with Gasteiger partial charge in [0.1, 0.15) is 18.5 Å². The third kappa shape index (κ3) is 8.14. The number of amides is 1. The summed E-state index contributed by atoms with van der Waals surface area (Å²) in [5.41, 5.74) is 2.38. The third-order valence-corrected chi connectivity index (χ3v) is 4.67. The van der Waals surface area contributed by atoms with Crippen molar-refractivity contribution in [3.8, 4) is 5.75 Å². The number of anilines is 1. The number of carboxylic acids is 1. The van der Waals surface area contributed by atoms with E-state index in [1.807, 2.05) is 38.1 Å². The first kappa shape index (κ1) is 24.0. The van der Waals surface area contributed by atoms with Crippen LogP contribution in [0.3, 0.4) is 0 Å². The molecule has 0 bridgehead atoms. The summed E-state index contributed by atoms with van der Waals surface area (Å²) in [7, 11) is 0. The normalized spacial score (nSPS) is 12.9. The Kier molecular flexibility index (Phi) is 9.58. The van der Waals surface area contributed by atoms with Gasteiger partial charge >= 0.3 is 12.1 Å². The topological polar surface area (TPSA) is 105 Å². The van der Waals surface area contributed by atoms with E-state index in [4.69, 9.17) is 19.7 Å². The zero-order valence-corrected chi connectivity index (χ0v) is 17.8. The Labute approximate surface area is 182 Å². The first-order valence-electron chi connectivity index (χ1n) is 10.2. The van der Waals surface area contributed by atoms with Crippen molar-refractivity contribution in [1.29, 1.82) is 0 Å². The van der Waals surface area contributed by atoms with Crippen molar-refractivity contribution in [2.24, 2.45) is 5.92 Å². The number of ether oxygens (including phenoxy) is 2. The Bertz CT molecular complexity index is 878. The second kappa shape index (κ2) is 12.4. The van der Waals surface area contributed by atoms with Gasteiger partial charge in [0.2, 0.25) is 0 Å². The summed E-state index contributed by atoms with van der Waals surface area (Å²) < 4.78 is 11.4. The summed E-state index contributed by atoms with van der Waals surface area (Å²) in [6.07, 6.45) is 2.58. The van der Waals surface area contributed by atoms with Gasteiger partial charge in [-0.3, -0.25) is 5.32 Å². The van der Waals surface area contributed by atoms with Gasteiger partial charge in [0, 0.05) is 17.3 Å². The molecule has 7 nitrogen and oxygen atoms in total. The van der Waals surface area contributed by atoms with E-state index in [1.165, 1.54) is 0 Å². The van der Waals surface area contributed by atoms with E-state index in [-0.39, 0.29) is 19.1 Å². The van der Waals surface area contributed by atoms with Crippen LogP contribution in [-0.4, -0.2) is 35.5 Å². The number of carbonyl (C=O) groups is 2. The molecule has 0 radical (unpaired) electrons.